The molecule has 1 atom stereocenters. The van der Waals surface area contributed by atoms with Crippen LogP contribution >= 0.6 is 0 Å². The Morgan fingerprint density at radius 3 is 1.87 bits per heavy atom. The molecule has 0 aromatic heterocycles. The van der Waals surface area contributed by atoms with E-state index in [9.17, 15) is 0 Å². The SMILES string of the molecule is CC1=[C-]C(C)(C)c2cc3c(cc21)-c1cc2c(cc1C3)C(C)(C)C=C2C.CC1=[C-]C(C)C=C1c1ccccc1.[Zr+2]=[CH]c1ccccc1. The van der Waals surface area contributed by atoms with Crippen molar-refractivity contribution in [2.24, 2.45) is 5.92 Å². The number of hydrogen-bond acceptors (Lipinski definition) is 0. The summed E-state index contributed by atoms with van der Waals surface area (Å²) in [5, 5.41) is 0. The van der Waals surface area contributed by atoms with Crippen molar-refractivity contribution < 1.29 is 24.2 Å². The van der Waals surface area contributed by atoms with E-state index >= 15 is 0 Å². The van der Waals surface area contributed by atoms with Crippen LogP contribution in [0.3, 0.4) is 0 Å². The van der Waals surface area contributed by atoms with Crippen molar-refractivity contribution in [3.05, 3.63) is 159 Å². The van der Waals surface area contributed by atoms with Gasteiger partial charge in [-0.05, 0) is 58.4 Å². The zero-order chi connectivity index (χ0) is 32.8. The van der Waals surface area contributed by atoms with Gasteiger partial charge in [0.05, 0.1) is 0 Å². The summed E-state index contributed by atoms with van der Waals surface area (Å²) in [6, 6.07) is 30.6. The molecule has 0 radical (unpaired) electrons. The van der Waals surface area contributed by atoms with Gasteiger partial charge in [-0.3, -0.25) is 12.2 Å². The van der Waals surface area contributed by atoms with Gasteiger partial charge in [-0.2, -0.15) is 17.2 Å². The van der Waals surface area contributed by atoms with Gasteiger partial charge < -0.3 is 0 Å². The molecule has 4 aromatic rings. The third-order valence-electron chi connectivity index (χ3n) is 9.75. The molecule has 8 rings (SSSR count). The van der Waals surface area contributed by atoms with Gasteiger partial charge >= 0.3 is 63.8 Å². The second kappa shape index (κ2) is 12.7. The van der Waals surface area contributed by atoms with Crippen LogP contribution in [0, 0.1) is 18.1 Å². The maximum atomic E-state index is 3.65. The van der Waals surface area contributed by atoms with Gasteiger partial charge in [0.1, 0.15) is 0 Å². The van der Waals surface area contributed by atoms with Crippen molar-refractivity contribution in [2.75, 3.05) is 0 Å². The molecule has 0 spiro atoms. The second-order valence-corrected chi connectivity index (χ2v) is 15.0. The van der Waals surface area contributed by atoms with Crippen LogP contribution in [0.15, 0.2) is 103 Å². The van der Waals surface area contributed by atoms with Crippen LogP contribution in [0.5, 0.6) is 0 Å². The van der Waals surface area contributed by atoms with E-state index in [-0.39, 0.29) is 10.8 Å². The van der Waals surface area contributed by atoms with E-state index < -0.39 is 0 Å². The molecule has 0 aliphatic heterocycles. The van der Waals surface area contributed by atoms with Gasteiger partial charge in [0.2, 0.25) is 0 Å². The maximum absolute atomic E-state index is 3.65. The fraction of sp³-hybridized carbons (Fsp3) is 0.267. The molecule has 0 N–H and O–H groups in total. The fourth-order valence-electron chi connectivity index (χ4n) is 7.59. The predicted molar refractivity (Wildman–Crippen MR) is 194 cm³/mol. The molecule has 0 saturated heterocycles. The molecule has 0 bridgehead atoms. The van der Waals surface area contributed by atoms with E-state index in [0.29, 0.717) is 5.92 Å². The molecular formula is C45H44Zr. The Kier molecular flexibility index (Phi) is 8.95. The summed E-state index contributed by atoms with van der Waals surface area (Å²) in [5.74, 6) is 0.468. The number of hydrogen-bond donors (Lipinski definition) is 0. The first-order chi connectivity index (χ1) is 21.9. The van der Waals surface area contributed by atoms with Gasteiger partial charge in [-0.1, -0.05) is 108 Å². The van der Waals surface area contributed by atoms with Gasteiger partial charge in [0.15, 0.2) is 0 Å². The third-order valence-corrected chi connectivity index (χ3v) is 10.6. The van der Waals surface area contributed by atoms with E-state index in [4.69, 9.17) is 0 Å². The zero-order valence-corrected chi connectivity index (χ0v) is 31.1. The van der Waals surface area contributed by atoms with Gasteiger partial charge in [-0.25, -0.2) is 11.1 Å². The quantitative estimate of drug-likeness (QED) is 0.163. The van der Waals surface area contributed by atoms with Crippen LogP contribution in [0.25, 0.3) is 27.8 Å². The molecule has 4 aliphatic rings. The molecule has 0 nitrogen and oxygen atoms in total. The molecule has 0 amide bonds. The Bertz CT molecular complexity index is 1860. The Balaban J connectivity index is 0.000000147. The van der Waals surface area contributed by atoms with Crippen molar-refractivity contribution >= 4 is 20.4 Å². The first kappa shape index (κ1) is 32.5. The molecule has 1 unspecified atom stereocenters. The normalized spacial score (nSPS) is 18.7. The average Bonchev–Trinajstić information content (AvgIpc) is 3.70. The topological polar surface area (TPSA) is 0 Å². The van der Waals surface area contributed by atoms with E-state index in [1.54, 1.807) is 0 Å². The zero-order valence-electron chi connectivity index (χ0n) is 28.6. The first-order valence-corrected chi connectivity index (χ1v) is 17.9. The number of benzene rings is 4. The first-order valence-electron chi connectivity index (χ1n) is 16.5. The Labute approximate surface area is 292 Å². The van der Waals surface area contributed by atoms with E-state index in [1.165, 1.54) is 102 Å². The molecule has 46 heavy (non-hydrogen) atoms. The van der Waals surface area contributed by atoms with E-state index in [2.05, 4.69) is 156 Å². The van der Waals surface area contributed by atoms with E-state index in [1.807, 2.05) is 12.1 Å². The van der Waals surface area contributed by atoms with Crippen LogP contribution in [0.2, 0.25) is 0 Å². The van der Waals surface area contributed by atoms with Gasteiger partial charge in [0, 0.05) is 5.41 Å². The average molecular weight is 676 g/mol. The molecule has 0 heterocycles. The number of allylic oxidation sites excluding steroid dienone is 8. The minimum atomic E-state index is 0.0340. The molecular weight excluding hydrogens is 632 g/mol. The van der Waals surface area contributed by atoms with Crippen molar-refractivity contribution in [1.29, 1.82) is 0 Å². The second-order valence-electron chi connectivity index (χ2n) is 14.3. The van der Waals surface area contributed by atoms with Crippen LogP contribution in [0.4, 0.5) is 0 Å². The molecule has 4 aromatic carbocycles. The monoisotopic (exact) mass is 674 g/mol. The summed E-state index contributed by atoms with van der Waals surface area (Å²) in [6.45, 7) is 18.0. The van der Waals surface area contributed by atoms with Crippen LogP contribution in [0.1, 0.15) is 99.9 Å². The summed E-state index contributed by atoms with van der Waals surface area (Å²) in [6.07, 6.45) is 12.8. The van der Waals surface area contributed by atoms with Crippen LogP contribution < -0.4 is 0 Å². The molecule has 1 heteroatoms. The van der Waals surface area contributed by atoms with Crippen molar-refractivity contribution in [1.82, 2.24) is 0 Å². The Morgan fingerprint density at radius 2 is 1.30 bits per heavy atom. The fourth-order valence-corrected chi connectivity index (χ4v) is 8.06. The molecule has 228 valence electrons. The summed E-state index contributed by atoms with van der Waals surface area (Å²) >= 11 is 1.46. The number of rotatable bonds is 2. The van der Waals surface area contributed by atoms with Crippen molar-refractivity contribution in [2.45, 2.75) is 72.6 Å². The Hall–Kier alpha value is -3.41. The van der Waals surface area contributed by atoms with Crippen molar-refractivity contribution in [3.8, 4) is 11.1 Å². The van der Waals surface area contributed by atoms with Crippen LogP contribution in [-0.2, 0) is 41.5 Å². The molecule has 0 fully saturated rings. The van der Waals surface area contributed by atoms with Crippen molar-refractivity contribution in [3.63, 3.8) is 0 Å². The third kappa shape index (κ3) is 6.29. The van der Waals surface area contributed by atoms with Gasteiger partial charge in [-0.15, -0.1) is 17.2 Å². The molecule has 4 aliphatic carbocycles. The predicted octanol–water partition coefficient (Wildman–Crippen LogP) is 11.3. The summed E-state index contributed by atoms with van der Waals surface area (Å²) in [7, 11) is 0. The van der Waals surface area contributed by atoms with Crippen LogP contribution in [-0.4, -0.2) is 3.71 Å². The number of fused-ring (bicyclic) bond motifs is 5. The van der Waals surface area contributed by atoms with Gasteiger partial charge in [0.25, 0.3) is 0 Å². The molecule has 0 saturated carbocycles. The minimum absolute atomic E-state index is 0.0340. The summed E-state index contributed by atoms with van der Waals surface area (Å²) in [5.41, 5.74) is 19.8. The Morgan fingerprint density at radius 1 is 0.717 bits per heavy atom. The standard InChI is InChI=1S/C25H25.C13H13.C7H6.Zr/c1-14-12-24(3,4)22-8-16-7-17-9-23-19(15(2)13-25(23,5)6)11-21(17)20(16)10-18(14)22;1-10-8-11(2)13(9-10)12-6-4-3-5-7-12;1-7-5-3-2-4-6-7;/h8-12H,7H2,1-6H3;3-7,9-10H,1-2H3;1-6H;/q2*-1;;+2. The summed E-state index contributed by atoms with van der Waals surface area (Å²) in [4.78, 5) is 0. The van der Waals surface area contributed by atoms with E-state index in [0.717, 1.165) is 6.42 Å². The summed E-state index contributed by atoms with van der Waals surface area (Å²) < 4.78 is 2.17.